The number of amides is 2. The minimum atomic E-state index is -0.515. The fourth-order valence-electron chi connectivity index (χ4n) is 2.26. The maximum absolute atomic E-state index is 12.1. The van der Waals surface area contributed by atoms with Crippen LogP contribution in [0.1, 0.15) is 42.3 Å². The summed E-state index contributed by atoms with van der Waals surface area (Å²) in [6.07, 6.45) is 0.417. The fraction of sp³-hybridized carbons (Fsp3) is 0.467. The summed E-state index contributed by atoms with van der Waals surface area (Å²) in [6.45, 7) is 6.58. The van der Waals surface area contributed by atoms with Crippen molar-refractivity contribution in [1.29, 1.82) is 0 Å². The van der Waals surface area contributed by atoms with Gasteiger partial charge in [0.2, 0.25) is 0 Å². The Hall–Kier alpha value is -2.08. The Morgan fingerprint density at radius 1 is 1.29 bits per heavy atom. The van der Waals surface area contributed by atoms with Crippen LogP contribution in [0.2, 0.25) is 0 Å². The second-order valence-electron chi connectivity index (χ2n) is 6.11. The third kappa shape index (κ3) is 3.72. The quantitative estimate of drug-likeness (QED) is 0.467. The Labute approximate surface area is 124 Å². The van der Waals surface area contributed by atoms with Gasteiger partial charge in [0.05, 0.1) is 0 Å². The molecule has 0 aromatic heterocycles. The minimum absolute atomic E-state index is 0.332. The van der Waals surface area contributed by atoms with Gasteiger partial charge in [0, 0.05) is 18.7 Å². The highest BCUT2D eigenvalue weighted by Gasteiger charge is 2.26. The largest absolute Gasteiger partial charge is 0.444 e. The molecule has 2 rings (SSSR count). The van der Waals surface area contributed by atoms with Gasteiger partial charge in [0.15, 0.2) is 0 Å². The van der Waals surface area contributed by atoms with Crippen molar-refractivity contribution in [2.24, 2.45) is 5.84 Å². The number of nitrogens with two attached hydrogens (primary N) is 1. The molecule has 1 aliphatic rings. The normalized spacial score (nSPS) is 14.4. The van der Waals surface area contributed by atoms with Crippen molar-refractivity contribution in [3.8, 4) is 0 Å². The molecule has 0 saturated heterocycles. The van der Waals surface area contributed by atoms with Crippen molar-refractivity contribution in [2.75, 3.05) is 6.54 Å². The maximum Gasteiger partial charge on any atom is 0.410 e. The predicted molar refractivity (Wildman–Crippen MR) is 78.4 cm³/mol. The molecule has 1 aliphatic heterocycles. The summed E-state index contributed by atoms with van der Waals surface area (Å²) in [7, 11) is 0. The van der Waals surface area contributed by atoms with Crippen LogP contribution in [0.3, 0.4) is 0 Å². The van der Waals surface area contributed by atoms with Gasteiger partial charge in [-0.15, -0.1) is 0 Å². The lowest BCUT2D eigenvalue weighted by Crippen LogP contribution is -2.40. The second-order valence-corrected chi connectivity index (χ2v) is 6.11. The van der Waals surface area contributed by atoms with E-state index in [1.165, 1.54) is 0 Å². The Balaban J connectivity index is 2.15. The van der Waals surface area contributed by atoms with Crippen LogP contribution in [0.15, 0.2) is 18.2 Å². The molecule has 0 aliphatic carbocycles. The summed E-state index contributed by atoms with van der Waals surface area (Å²) < 4.78 is 5.38. The lowest BCUT2D eigenvalue weighted by atomic mass is 9.97. The number of hydrogen-bond donors (Lipinski definition) is 2. The van der Waals surface area contributed by atoms with E-state index in [9.17, 15) is 9.59 Å². The zero-order chi connectivity index (χ0) is 15.6. The van der Waals surface area contributed by atoms with Crippen molar-refractivity contribution in [3.05, 3.63) is 34.9 Å². The van der Waals surface area contributed by atoms with E-state index in [4.69, 9.17) is 10.6 Å². The number of rotatable bonds is 1. The lowest BCUT2D eigenvalue weighted by molar-refractivity contribution is 0.0224. The average molecular weight is 291 g/mol. The average Bonchev–Trinajstić information content (AvgIpc) is 2.43. The molecule has 6 nitrogen and oxygen atoms in total. The predicted octanol–water partition coefficient (Wildman–Crippen LogP) is 1.58. The molecular formula is C15H21N3O3. The third-order valence-electron chi connectivity index (χ3n) is 3.26. The standard InChI is InChI=1S/C15H21N3O3/c1-15(2,3)21-14(20)18-7-6-10-4-5-11(13(19)17-16)8-12(10)9-18/h4-5,8H,6-7,9,16H2,1-3H3,(H,17,19). The number of nitrogens with zero attached hydrogens (tertiary/aromatic N) is 1. The van der Waals surface area contributed by atoms with Gasteiger partial charge in [-0.05, 0) is 50.5 Å². The molecule has 0 spiro atoms. The molecule has 3 N–H and O–H groups in total. The van der Waals surface area contributed by atoms with E-state index >= 15 is 0 Å². The molecule has 0 saturated carbocycles. The molecule has 21 heavy (non-hydrogen) atoms. The Morgan fingerprint density at radius 3 is 2.62 bits per heavy atom. The van der Waals surface area contributed by atoms with E-state index in [0.717, 1.165) is 17.5 Å². The van der Waals surface area contributed by atoms with Gasteiger partial charge in [-0.3, -0.25) is 10.2 Å². The maximum atomic E-state index is 12.1. The molecule has 6 heteroatoms. The zero-order valence-corrected chi connectivity index (χ0v) is 12.6. The molecule has 0 radical (unpaired) electrons. The van der Waals surface area contributed by atoms with Crippen LogP contribution in [0.25, 0.3) is 0 Å². The molecule has 0 atom stereocenters. The summed E-state index contributed by atoms with van der Waals surface area (Å²) >= 11 is 0. The molecule has 0 fully saturated rings. The summed E-state index contributed by atoms with van der Waals surface area (Å²) in [5.41, 5.74) is 4.18. The van der Waals surface area contributed by atoms with Gasteiger partial charge in [0.1, 0.15) is 5.60 Å². The Bertz CT molecular complexity index is 564. The summed E-state index contributed by atoms with van der Waals surface area (Å²) in [5.74, 6) is 4.80. The first kappa shape index (κ1) is 15.3. The first-order chi connectivity index (χ1) is 9.80. The van der Waals surface area contributed by atoms with Crippen molar-refractivity contribution in [3.63, 3.8) is 0 Å². The van der Waals surface area contributed by atoms with Crippen molar-refractivity contribution in [2.45, 2.75) is 39.3 Å². The number of nitrogens with one attached hydrogen (secondary N) is 1. The van der Waals surface area contributed by atoms with Crippen molar-refractivity contribution in [1.82, 2.24) is 10.3 Å². The monoisotopic (exact) mass is 291 g/mol. The molecule has 1 heterocycles. The van der Waals surface area contributed by atoms with Gasteiger partial charge < -0.3 is 9.64 Å². The van der Waals surface area contributed by atoms with E-state index < -0.39 is 5.60 Å². The van der Waals surface area contributed by atoms with E-state index in [2.05, 4.69) is 5.43 Å². The smallest absolute Gasteiger partial charge is 0.410 e. The van der Waals surface area contributed by atoms with Crippen LogP contribution in [0.4, 0.5) is 4.79 Å². The van der Waals surface area contributed by atoms with E-state index in [1.807, 2.05) is 26.8 Å². The lowest BCUT2D eigenvalue weighted by Gasteiger charge is -2.31. The first-order valence-electron chi connectivity index (χ1n) is 6.91. The van der Waals surface area contributed by atoms with Crippen molar-refractivity contribution < 1.29 is 14.3 Å². The Morgan fingerprint density at radius 2 is 2.00 bits per heavy atom. The second kappa shape index (κ2) is 5.73. The molecule has 0 bridgehead atoms. The number of carbonyl (C=O) groups excluding carboxylic acids is 2. The zero-order valence-electron chi connectivity index (χ0n) is 12.6. The highest BCUT2D eigenvalue weighted by Crippen LogP contribution is 2.22. The summed E-state index contributed by atoms with van der Waals surface area (Å²) in [4.78, 5) is 25.3. The van der Waals surface area contributed by atoms with Crippen LogP contribution < -0.4 is 11.3 Å². The van der Waals surface area contributed by atoms with Gasteiger partial charge in [-0.25, -0.2) is 10.6 Å². The first-order valence-corrected chi connectivity index (χ1v) is 6.91. The van der Waals surface area contributed by atoms with E-state index in [0.29, 0.717) is 18.7 Å². The molecule has 2 amide bonds. The molecule has 0 unspecified atom stereocenters. The van der Waals surface area contributed by atoms with E-state index in [1.54, 1.807) is 17.0 Å². The van der Waals surface area contributed by atoms with Crippen LogP contribution in [-0.4, -0.2) is 29.0 Å². The number of nitrogen functional groups attached to an aromatic ring is 1. The minimum Gasteiger partial charge on any atom is -0.444 e. The number of fused-ring (bicyclic) bond motifs is 1. The van der Waals surface area contributed by atoms with Crippen LogP contribution in [0.5, 0.6) is 0 Å². The van der Waals surface area contributed by atoms with Gasteiger partial charge in [-0.1, -0.05) is 6.07 Å². The summed E-state index contributed by atoms with van der Waals surface area (Å²) in [6, 6.07) is 5.42. The molecule has 1 aromatic rings. The highest BCUT2D eigenvalue weighted by atomic mass is 16.6. The number of hydrogen-bond acceptors (Lipinski definition) is 4. The van der Waals surface area contributed by atoms with Crippen LogP contribution in [-0.2, 0) is 17.7 Å². The molecular weight excluding hydrogens is 270 g/mol. The van der Waals surface area contributed by atoms with E-state index in [-0.39, 0.29) is 12.0 Å². The van der Waals surface area contributed by atoms with Crippen LogP contribution >= 0.6 is 0 Å². The topological polar surface area (TPSA) is 84.7 Å². The molecule has 114 valence electrons. The molecule has 1 aromatic carbocycles. The highest BCUT2D eigenvalue weighted by molar-refractivity contribution is 5.94. The number of hydrazine groups is 1. The van der Waals surface area contributed by atoms with Crippen molar-refractivity contribution >= 4 is 12.0 Å². The number of benzene rings is 1. The summed E-state index contributed by atoms with van der Waals surface area (Å²) in [5, 5.41) is 0. The Kier molecular flexibility index (Phi) is 4.18. The fourth-order valence-corrected chi connectivity index (χ4v) is 2.26. The number of carbonyl (C=O) groups is 2. The number of ether oxygens (including phenoxy) is 1. The SMILES string of the molecule is CC(C)(C)OC(=O)N1CCc2ccc(C(=O)NN)cc2C1. The van der Waals surface area contributed by atoms with Gasteiger partial charge in [0.25, 0.3) is 5.91 Å². The third-order valence-corrected chi connectivity index (χ3v) is 3.26. The van der Waals surface area contributed by atoms with Crippen LogP contribution in [0, 0.1) is 0 Å². The van der Waals surface area contributed by atoms with Gasteiger partial charge >= 0.3 is 6.09 Å². The van der Waals surface area contributed by atoms with Gasteiger partial charge in [-0.2, -0.15) is 0 Å².